The molecular formula is C19H25N3OS2. The highest BCUT2D eigenvalue weighted by molar-refractivity contribution is 8.77. The van der Waals surface area contributed by atoms with Gasteiger partial charge in [-0.3, -0.25) is 4.79 Å². The van der Waals surface area contributed by atoms with Crippen LogP contribution in [0.5, 0.6) is 0 Å². The third-order valence-electron chi connectivity index (χ3n) is 4.35. The molecule has 1 aromatic carbocycles. The molecule has 0 spiro atoms. The van der Waals surface area contributed by atoms with Crippen molar-refractivity contribution in [2.24, 2.45) is 0 Å². The molecular weight excluding hydrogens is 350 g/mol. The van der Waals surface area contributed by atoms with E-state index in [2.05, 4.69) is 34.7 Å². The number of benzene rings is 1. The molecule has 1 amide bonds. The van der Waals surface area contributed by atoms with Gasteiger partial charge in [-0.2, -0.15) is 5.10 Å². The summed E-state index contributed by atoms with van der Waals surface area (Å²) in [5, 5.41) is 8.07. The van der Waals surface area contributed by atoms with Gasteiger partial charge in [0.25, 0.3) is 0 Å². The van der Waals surface area contributed by atoms with E-state index in [0.717, 1.165) is 23.8 Å². The summed E-state index contributed by atoms with van der Waals surface area (Å²) >= 11 is 0. The number of nitrogens with zero attached hydrogens (tertiary/aromatic N) is 2. The molecule has 6 heteroatoms. The van der Waals surface area contributed by atoms with E-state index in [4.69, 9.17) is 0 Å². The van der Waals surface area contributed by atoms with Crippen molar-refractivity contribution in [2.75, 3.05) is 12.3 Å². The number of hydrogen-bond donors (Lipinski definition) is 1. The van der Waals surface area contributed by atoms with Crippen LogP contribution in [0.2, 0.25) is 0 Å². The van der Waals surface area contributed by atoms with Crippen LogP contribution in [0.4, 0.5) is 0 Å². The number of hydrogen-bond acceptors (Lipinski definition) is 4. The van der Waals surface area contributed by atoms with Gasteiger partial charge in [0.15, 0.2) is 0 Å². The van der Waals surface area contributed by atoms with Crippen molar-refractivity contribution in [1.82, 2.24) is 15.1 Å². The van der Waals surface area contributed by atoms with Crippen molar-refractivity contribution in [3.05, 3.63) is 48.3 Å². The number of rotatable bonds is 9. The first kappa shape index (κ1) is 18.4. The molecule has 3 rings (SSSR count). The summed E-state index contributed by atoms with van der Waals surface area (Å²) in [6.45, 7) is 0.703. The smallest absolute Gasteiger partial charge is 0.220 e. The number of amides is 1. The van der Waals surface area contributed by atoms with Crippen molar-refractivity contribution in [1.29, 1.82) is 0 Å². The molecule has 2 aromatic rings. The Labute approximate surface area is 157 Å². The summed E-state index contributed by atoms with van der Waals surface area (Å²) in [7, 11) is 4.01. The molecule has 1 saturated heterocycles. The predicted octanol–water partition coefficient (Wildman–Crippen LogP) is 4.25. The van der Waals surface area contributed by atoms with E-state index >= 15 is 0 Å². The second-order valence-corrected chi connectivity index (χ2v) is 9.08. The Hall–Kier alpha value is -1.40. The maximum absolute atomic E-state index is 11.9. The lowest BCUT2D eigenvalue weighted by Gasteiger charge is -2.08. The quantitative estimate of drug-likeness (QED) is 0.526. The average Bonchev–Trinajstić information content (AvgIpc) is 3.33. The molecule has 0 aliphatic carbocycles. The van der Waals surface area contributed by atoms with Gasteiger partial charge < -0.3 is 5.32 Å². The Bertz CT molecular complexity index is 637. The van der Waals surface area contributed by atoms with E-state index in [1.807, 2.05) is 38.5 Å². The third kappa shape index (κ3) is 6.12. The minimum Gasteiger partial charge on any atom is -0.356 e. The van der Waals surface area contributed by atoms with E-state index in [-0.39, 0.29) is 5.91 Å². The number of unbranched alkanes of at least 4 members (excludes halogenated alkanes) is 1. The van der Waals surface area contributed by atoms with Crippen LogP contribution in [-0.2, 0) is 11.2 Å². The van der Waals surface area contributed by atoms with Gasteiger partial charge in [-0.25, -0.2) is 4.68 Å². The molecule has 25 heavy (non-hydrogen) atoms. The van der Waals surface area contributed by atoms with Gasteiger partial charge in [0.1, 0.15) is 0 Å². The van der Waals surface area contributed by atoms with Crippen molar-refractivity contribution in [3.8, 4) is 5.69 Å². The lowest BCUT2D eigenvalue weighted by Crippen LogP contribution is -2.25. The molecule has 134 valence electrons. The SMILES string of the molecule is O=C(CCCCC1CCSS1)NCCc1ccc(-n2cccn2)cc1. The largest absolute Gasteiger partial charge is 0.356 e. The molecule has 1 N–H and O–H groups in total. The van der Waals surface area contributed by atoms with Gasteiger partial charge in [0, 0.05) is 36.4 Å². The van der Waals surface area contributed by atoms with Crippen LogP contribution in [0.15, 0.2) is 42.7 Å². The fraction of sp³-hybridized carbons (Fsp3) is 0.474. The minimum absolute atomic E-state index is 0.182. The average molecular weight is 376 g/mol. The lowest BCUT2D eigenvalue weighted by atomic mass is 10.1. The van der Waals surface area contributed by atoms with Crippen LogP contribution in [0.3, 0.4) is 0 Å². The summed E-state index contributed by atoms with van der Waals surface area (Å²) in [4.78, 5) is 11.9. The van der Waals surface area contributed by atoms with Crippen LogP contribution >= 0.6 is 21.6 Å². The summed E-state index contributed by atoms with van der Waals surface area (Å²) < 4.78 is 1.84. The summed E-state index contributed by atoms with van der Waals surface area (Å²) in [6, 6.07) is 10.2. The van der Waals surface area contributed by atoms with E-state index in [1.165, 1.54) is 30.6 Å². The topological polar surface area (TPSA) is 46.9 Å². The highest BCUT2D eigenvalue weighted by Gasteiger charge is 2.15. The summed E-state index contributed by atoms with van der Waals surface area (Å²) in [5.74, 6) is 1.47. The maximum Gasteiger partial charge on any atom is 0.220 e. The molecule has 0 saturated carbocycles. The van der Waals surface area contributed by atoms with E-state index < -0.39 is 0 Å². The van der Waals surface area contributed by atoms with Crippen LogP contribution in [0.25, 0.3) is 5.69 Å². The van der Waals surface area contributed by atoms with Crippen LogP contribution < -0.4 is 5.32 Å². The zero-order chi connectivity index (χ0) is 17.3. The Balaban J connectivity index is 1.29. The van der Waals surface area contributed by atoms with E-state index in [9.17, 15) is 4.79 Å². The maximum atomic E-state index is 11.9. The summed E-state index contributed by atoms with van der Waals surface area (Å²) in [5.41, 5.74) is 2.28. The molecule has 1 aromatic heterocycles. The van der Waals surface area contributed by atoms with Crippen molar-refractivity contribution in [3.63, 3.8) is 0 Å². The molecule has 1 aliphatic rings. The Morgan fingerprint density at radius 1 is 1.28 bits per heavy atom. The van der Waals surface area contributed by atoms with Crippen LogP contribution in [0, 0.1) is 0 Å². The first-order valence-electron chi connectivity index (χ1n) is 8.95. The first-order valence-corrected chi connectivity index (χ1v) is 11.3. The highest BCUT2D eigenvalue weighted by Crippen LogP contribution is 2.39. The number of carbonyl (C=O) groups is 1. The lowest BCUT2D eigenvalue weighted by molar-refractivity contribution is -0.121. The standard InChI is InChI=1S/C19H25N3OS2/c23-19(5-2-1-4-18-11-15-24-25-18)20-13-10-16-6-8-17(9-7-16)22-14-3-12-21-22/h3,6-9,12,14,18H,1-2,4-5,10-11,13,15H2,(H,20,23). The second-order valence-electron chi connectivity index (χ2n) is 6.29. The van der Waals surface area contributed by atoms with Crippen molar-refractivity contribution < 1.29 is 4.79 Å². The van der Waals surface area contributed by atoms with E-state index in [1.54, 1.807) is 6.20 Å². The van der Waals surface area contributed by atoms with Crippen molar-refractivity contribution >= 4 is 27.5 Å². The van der Waals surface area contributed by atoms with Gasteiger partial charge in [0.2, 0.25) is 5.91 Å². The zero-order valence-electron chi connectivity index (χ0n) is 14.4. The van der Waals surface area contributed by atoms with E-state index in [0.29, 0.717) is 13.0 Å². The van der Waals surface area contributed by atoms with Gasteiger partial charge in [-0.05, 0) is 49.4 Å². The molecule has 1 aliphatic heterocycles. The Kier molecular flexibility index (Phi) is 7.30. The first-order chi connectivity index (χ1) is 12.3. The molecule has 0 radical (unpaired) electrons. The molecule has 0 bridgehead atoms. The van der Waals surface area contributed by atoms with Crippen molar-refractivity contribution in [2.45, 2.75) is 43.8 Å². The fourth-order valence-electron chi connectivity index (χ4n) is 2.89. The predicted molar refractivity (Wildman–Crippen MR) is 107 cm³/mol. The zero-order valence-corrected chi connectivity index (χ0v) is 16.0. The monoisotopic (exact) mass is 375 g/mol. The molecule has 4 nitrogen and oxygen atoms in total. The summed E-state index contributed by atoms with van der Waals surface area (Å²) in [6.07, 6.45) is 9.99. The number of carbonyl (C=O) groups excluding carboxylic acids is 1. The van der Waals surface area contributed by atoms with Gasteiger partial charge in [-0.1, -0.05) is 40.1 Å². The fourth-order valence-corrected chi connectivity index (χ4v) is 5.92. The molecule has 1 fully saturated rings. The number of nitrogens with one attached hydrogen (secondary N) is 1. The van der Waals surface area contributed by atoms with Gasteiger partial charge in [-0.15, -0.1) is 0 Å². The van der Waals surface area contributed by atoms with Crippen LogP contribution in [-0.4, -0.2) is 33.2 Å². The minimum atomic E-state index is 0.182. The third-order valence-corrected chi connectivity index (χ3v) is 7.36. The Morgan fingerprint density at radius 2 is 2.16 bits per heavy atom. The second kappa shape index (κ2) is 9.92. The van der Waals surface area contributed by atoms with Crippen LogP contribution in [0.1, 0.15) is 37.7 Å². The Morgan fingerprint density at radius 3 is 2.88 bits per heavy atom. The molecule has 1 atom stereocenters. The van der Waals surface area contributed by atoms with Gasteiger partial charge >= 0.3 is 0 Å². The van der Waals surface area contributed by atoms with Gasteiger partial charge in [0.05, 0.1) is 5.69 Å². The molecule has 2 heterocycles. The highest BCUT2D eigenvalue weighted by atomic mass is 33.1. The molecule has 1 unspecified atom stereocenters. The normalized spacial score (nSPS) is 16.9. The number of aromatic nitrogens is 2.